The number of rotatable bonds is 5. The molecule has 1 amide bonds. The van der Waals surface area contributed by atoms with Gasteiger partial charge >= 0.3 is 0 Å². The number of carboxylic acids is 1. The molecule has 4 nitrogen and oxygen atoms in total. The van der Waals surface area contributed by atoms with Gasteiger partial charge in [0.1, 0.15) is 0 Å². The topological polar surface area (TPSA) is 69.2 Å². The molecule has 0 fully saturated rings. The van der Waals surface area contributed by atoms with Gasteiger partial charge < -0.3 is 15.2 Å². The van der Waals surface area contributed by atoms with Gasteiger partial charge in [0.25, 0.3) is 0 Å². The number of halogens is 1. The molecule has 1 aromatic heterocycles. The normalized spacial score (nSPS) is 10.6. The number of fused-ring (bicyclic) bond motifs is 1. The van der Waals surface area contributed by atoms with Crippen LogP contribution in [0.4, 0.5) is 0 Å². The van der Waals surface area contributed by atoms with E-state index in [2.05, 4.69) is 5.32 Å². The van der Waals surface area contributed by atoms with Crippen LogP contribution >= 0.6 is 22.9 Å². The van der Waals surface area contributed by atoms with Crippen LogP contribution in [-0.2, 0) is 16.1 Å². The van der Waals surface area contributed by atoms with E-state index in [4.69, 9.17) is 11.6 Å². The average Bonchev–Trinajstić information content (AvgIpc) is 2.76. The largest absolute Gasteiger partial charge is 0.550 e. The molecule has 0 unspecified atom stereocenters. The van der Waals surface area contributed by atoms with Crippen molar-refractivity contribution in [2.45, 2.75) is 19.4 Å². The van der Waals surface area contributed by atoms with Crippen molar-refractivity contribution >= 4 is 44.9 Å². The van der Waals surface area contributed by atoms with Gasteiger partial charge in [-0.2, -0.15) is 0 Å². The SMILES string of the molecule is O=C([O-])CCC(=O)NCc1csc2ccc(Cl)cc12. The Bertz CT molecular complexity index is 623. The van der Waals surface area contributed by atoms with Crippen LogP contribution in [0, 0.1) is 0 Å². The van der Waals surface area contributed by atoms with E-state index in [0.717, 1.165) is 15.6 Å². The van der Waals surface area contributed by atoms with E-state index in [-0.39, 0.29) is 18.7 Å². The molecule has 19 heavy (non-hydrogen) atoms. The summed E-state index contributed by atoms with van der Waals surface area (Å²) in [6, 6.07) is 5.61. The minimum atomic E-state index is -1.22. The summed E-state index contributed by atoms with van der Waals surface area (Å²) in [7, 11) is 0. The Labute approximate surface area is 119 Å². The summed E-state index contributed by atoms with van der Waals surface area (Å²) < 4.78 is 1.10. The summed E-state index contributed by atoms with van der Waals surface area (Å²) in [4.78, 5) is 21.7. The summed E-state index contributed by atoms with van der Waals surface area (Å²) in [6.45, 7) is 0.367. The van der Waals surface area contributed by atoms with Crippen LogP contribution < -0.4 is 10.4 Å². The third kappa shape index (κ3) is 3.68. The van der Waals surface area contributed by atoms with E-state index in [1.54, 1.807) is 11.3 Å². The maximum Gasteiger partial charge on any atom is 0.220 e. The molecule has 0 aliphatic heterocycles. The van der Waals surface area contributed by atoms with Crippen LogP contribution in [0.2, 0.25) is 5.02 Å². The highest BCUT2D eigenvalue weighted by Gasteiger charge is 2.07. The highest BCUT2D eigenvalue weighted by atomic mass is 35.5. The number of carbonyl (C=O) groups is 2. The van der Waals surface area contributed by atoms with Gasteiger partial charge in [0, 0.05) is 28.7 Å². The zero-order chi connectivity index (χ0) is 13.8. The minimum absolute atomic E-state index is 0.0643. The quantitative estimate of drug-likeness (QED) is 0.913. The second kappa shape index (κ2) is 6.04. The Morgan fingerprint density at radius 2 is 2.11 bits per heavy atom. The zero-order valence-corrected chi connectivity index (χ0v) is 11.5. The van der Waals surface area contributed by atoms with E-state index >= 15 is 0 Å². The molecule has 1 N–H and O–H groups in total. The van der Waals surface area contributed by atoms with Crippen molar-refractivity contribution in [1.29, 1.82) is 0 Å². The molecule has 0 spiro atoms. The number of carboxylic acid groups (broad SMARTS) is 1. The van der Waals surface area contributed by atoms with E-state index in [1.807, 2.05) is 23.6 Å². The highest BCUT2D eigenvalue weighted by Crippen LogP contribution is 2.28. The summed E-state index contributed by atoms with van der Waals surface area (Å²) in [5, 5.41) is 16.5. The number of thiophene rings is 1. The van der Waals surface area contributed by atoms with Crippen molar-refractivity contribution in [1.82, 2.24) is 5.32 Å². The van der Waals surface area contributed by atoms with Crippen LogP contribution in [-0.4, -0.2) is 11.9 Å². The molecular formula is C13H11ClNO3S-. The summed E-state index contributed by atoms with van der Waals surface area (Å²) in [5.74, 6) is -1.52. The van der Waals surface area contributed by atoms with Crippen LogP contribution in [0.5, 0.6) is 0 Å². The van der Waals surface area contributed by atoms with Gasteiger partial charge in [-0.3, -0.25) is 4.79 Å². The highest BCUT2D eigenvalue weighted by molar-refractivity contribution is 7.17. The van der Waals surface area contributed by atoms with Gasteiger partial charge in [0.15, 0.2) is 0 Å². The lowest BCUT2D eigenvalue weighted by Crippen LogP contribution is -2.27. The first kappa shape index (κ1) is 13.8. The molecule has 100 valence electrons. The molecular weight excluding hydrogens is 286 g/mol. The van der Waals surface area contributed by atoms with Crippen molar-refractivity contribution < 1.29 is 14.7 Å². The number of carbonyl (C=O) groups excluding carboxylic acids is 2. The van der Waals surface area contributed by atoms with E-state index in [0.29, 0.717) is 11.6 Å². The maximum atomic E-state index is 11.4. The smallest absolute Gasteiger partial charge is 0.220 e. The molecule has 0 saturated heterocycles. The second-order valence-corrected chi connectivity index (χ2v) is 5.40. The molecule has 0 aliphatic rings. The van der Waals surface area contributed by atoms with Crippen LogP contribution in [0.15, 0.2) is 23.6 Å². The van der Waals surface area contributed by atoms with Crippen molar-refractivity contribution in [3.63, 3.8) is 0 Å². The molecule has 0 atom stereocenters. The fourth-order valence-corrected chi connectivity index (χ4v) is 2.80. The van der Waals surface area contributed by atoms with E-state index < -0.39 is 5.97 Å². The summed E-state index contributed by atoms with van der Waals surface area (Å²) >= 11 is 7.52. The lowest BCUT2D eigenvalue weighted by atomic mass is 10.2. The van der Waals surface area contributed by atoms with Crippen LogP contribution in [0.3, 0.4) is 0 Å². The molecule has 1 heterocycles. The Kier molecular flexibility index (Phi) is 4.39. The fourth-order valence-electron chi connectivity index (χ4n) is 1.69. The van der Waals surface area contributed by atoms with E-state index in [9.17, 15) is 14.7 Å². The van der Waals surface area contributed by atoms with Crippen LogP contribution in [0.25, 0.3) is 10.1 Å². The minimum Gasteiger partial charge on any atom is -0.550 e. The third-order valence-corrected chi connectivity index (χ3v) is 3.90. The van der Waals surface area contributed by atoms with Crippen molar-refractivity contribution in [2.24, 2.45) is 0 Å². The monoisotopic (exact) mass is 296 g/mol. The van der Waals surface area contributed by atoms with Gasteiger partial charge in [0.05, 0.1) is 0 Å². The summed E-state index contributed by atoms with van der Waals surface area (Å²) in [5.41, 5.74) is 0.976. The number of aliphatic carboxylic acids is 1. The zero-order valence-electron chi connectivity index (χ0n) is 9.94. The van der Waals surface area contributed by atoms with Gasteiger partial charge in [0.2, 0.25) is 5.91 Å². The second-order valence-electron chi connectivity index (χ2n) is 4.05. The first-order valence-corrected chi connectivity index (χ1v) is 6.94. The van der Waals surface area contributed by atoms with Gasteiger partial charge in [-0.1, -0.05) is 11.6 Å². The number of amides is 1. The molecule has 0 saturated carbocycles. The molecule has 0 bridgehead atoms. The number of benzene rings is 1. The maximum absolute atomic E-state index is 11.4. The molecule has 1 aromatic carbocycles. The van der Waals surface area contributed by atoms with Crippen LogP contribution in [0.1, 0.15) is 18.4 Å². The first-order valence-electron chi connectivity index (χ1n) is 5.68. The Balaban J connectivity index is 2.00. The Hall–Kier alpha value is -1.59. The Morgan fingerprint density at radius 3 is 2.84 bits per heavy atom. The number of nitrogens with one attached hydrogen (secondary N) is 1. The number of hydrogen-bond acceptors (Lipinski definition) is 4. The van der Waals surface area contributed by atoms with E-state index in [1.165, 1.54) is 0 Å². The molecule has 2 rings (SSSR count). The third-order valence-electron chi connectivity index (χ3n) is 2.65. The van der Waals surface area contributed by atoms with Crippen molar-refractivity contribution in [3.05, 3.63) is 34.2 Å². The summed E-state index contributed by atoms with van der Waals surface area (Å²) in [6.07, 6.45) is -0.326. The molecule has 0 radical (unpaired) electrons. The lowest BCUT2D eigenvalue weighted by Gasteiger charge is -2.05. The van der Waals surface area contributed by atoms with Crippen molar-refractivity contribution in [3.8, 4) is 0 Å². The average molecular weight is 297 g/mol. The molecule has 6 heteroatoms. The van der Waals surface area contributed by atoms with Crippen molar-refractivity contribution in [2.75, 3.05) is 0 Å². The van der Waals surface area contributed by atoms with Gasteiger partial charge in [-0.25, -0.2) is 0 Å². The van der Waals surface area contributed by atoms with Gasteiger partial charge in [-0.15, -0.1) is 11.3 Å². The number of hydrogen-bond donors (Lipinski definition) is 1. The van der Waals surface area contributed by atoms with Gasteiger partial charge in [-0.05, 0) is 40.9 Å². The lowest BCUT2D eigenvalue weighted by molar-refractivity contribution is -0.305. The fraction of sp³-hybridized carbons (Fsp3) is 0.231. The Morgan fingerprint density at radius 1 is 1.32 bits per heavy atom. The predicted octanol–water partition coefficient (Wildman–Crippen LogP) is 1.70. The molecule has 2 aromatic rings. The first-order chi connectivity index (χ1) is 9.06. The standard InChI is InChI=1S/C13H12ClNO3S/c14-9-1-2-11-10(5-9)8(7-19-11)6-15-12(16)3-4-13(17)18/h1-2,5,7H,3-4,6H2,(H,15,16)(H,17,18)/p-1. The predicted molar refractivity (Wildman–Crippen MR) is 72.9 cm³/mol. The molecule has 0 aliphatic carbocycles.